The molecule has 31 heavy (non-hydrogen) atoms. The molecule has 0 atom stereocenters. The monoisotopic (exact) mass is 456 g/mol. The first-order chi connectivity index (χ1) is 14.4. The van der Waals surface area contributed by atoms with Crippen LogP contribution in [0.4, 0.5) is 0 Å². The predicted octanol–water partition coefficient (Wildman–Crippen LogP) is 1.42. The summed E-state index contributed by atoms with van der Waals surface area (Å²) >= 11 is 0. The molecule has 0 saturated carbocycles. The lowest BCUT2D eigenvalue weighted by molar-refractivity contribution is 0.0697. The first-order valence-corrected chi connectivity index (χ1v) is 11.8. The van der Waals surface area contributed by atoms with Gasteiger partial charge in [-0.25, -0.2) is 41.9 Å². The van der Waals surface area contributed by atoms with Crippen LogP contribution in [0.1, 0.15) is 10.4 Å². The number of aromatic nitrogens is 2. The highest BCUT2D eigenvalue weighted by molar-refractivity contribution is 7.89. The van der Waals surface area contributed by atoms with Gasteiger partial charge in [-0.3, -0.25) is 0 Å². The number of carboxylic acid groups (broad SMARTS) is 1. The molecule has 0 aliphatic heterocycles. The molecule has 1 aliphatic carbocycles. The van der Waals surface area contributed by atoms with Gasteiger partial charge in [0.25, 0.3) is 0 Å². The Morgan fingerprint density at radius 2 is 1.29 bits per heavy atom. The number of hydrogen-bond donors (Lipinski definition) is 3. The number of primary sulfonamides is 2. The third kappa shape index (κ3) is 2.96. The zero-order valence-corrected chi connectivity index (χ0v) is 17.0. The Balaban J connectivity index is 1.94. The minimum Gasteiger partial charge on any atom is -0.478 e. The number of hydrogen-bond acceptors (Lipinski definition) is 7. The van der Waals surface area contributed by atoms with E-state index in [1.165, 1.54) is 42.5 Å². The van der Waals surface area contributed by atoms with Gasteiger partial charge in [0.05, 0.1) is 37.8 Å². The van der Waals surface area contributed by atoms with E-state index >= 15 is 0 Å². The number of nitrogens with zero attached hydrogens (tertiary/aromatic N) is 2. The summed E-state index contributed by atoms with van der Waals surface area (Å²) in [5, 5.41) is 20.7. The van der Waals surface area contributed by atoms with Crippen molar-refractivity contribution in [2.24, 2.45) is 10.3 Å². The van der Waals surface area contributed by atoms with Crippen LogP contribution in [-0.4, -0.2) is 37.9 Å². The predicted molar refractivity (Wildman–Crippen MR) is 111 cm³/mol. The number of fused-ring (bicyclic) bond motifs is 4. The maximum atomic E-state index is 12.0. The minimum atomic E-state index is -4.12. The number of sulfonamides is 2. The molecule has 0 spiro atoms. The summed E-state index contributed by atoms with van der Waals surface area (Å²) < 4.78 is 48.1. The van der Waals surface area contributed by atoms with E-state index in [4.69, 9.17) is 10.3 Å². The number of nitrogens with two attached hydrogens (primary N) is 2. The fourth-order valence-electron chi connectivity index (χ4n) is 3.73. The van der Waals surface area contributed by atoms with Gasteiger partial charge in [-0.2, -0.15) is 0 Å². The summed E-state index contributed by atoms with van der Waals surface area (Å²) in [6.07, 6.45) is 0. The molecule has 12 heteroatoms. The summed E-state index contributed by atoms with van der Waals surface area (Å²) in [7, 11) is -8.23. The normalized spacial score (nSPS) is 13.0. The van der Waals surface area contributed by atoms with Crippen LogP contribution in [-0.2, 0) is 20.0 Å². The number of benzene rings is 3. The van der Waals surface area contributed by atoms with Crippen molar-refractivity contribution < 1.29 is 26.7 Å². The van der Waals surface area contributed by atoms with Crippen LogP contribution in [0.3, 0.4) is 0 Å². The second-order valence-corrected chi connectivity index (χ2v) is 10.2. The molecule has 156 valence electrons. The van der Waals surface area contributed by atoms with E-state index in [0.717, 1.165) is 0 Å². The molecule has 0 unspecified atom stereocenters. The lowest BCUT2D eigenvalue weighted by Crippen LogP contribution is -2.13. The standard InChI is InChI=1S/C19H12N4O6S2/c20-30(26,27)10-3-9-4-11(31(21,28)29)7-13-16(9)12(6-10)17-18(13)23-15-5-8(19(24)25)1-2-14(15)22-17/h1-7H,(H,24,25)(H2,20,26,27)(H2,21,28,29). The van der Waals surface area contributed by atoms with Gasteiger partial charge in [0.1, 0.15) is 0 Å². The summed E-state index contributed by atoms with van der Waals surface area (Å²) in [5.74, 6) is -1.14. The van der Waals surface area contributed by atoms with E-state index in [0.29, 0.717) is 27.7 Å². The van der Waals surface area contributed by atoms with E-state index < -0.39 is 26.0 Å². The quantitative estimate of drug-likeness (QED) is 0.364. The number of aromatic carboxylic acids is 1. The van der Waals surface area contributed by atoms with E-state index in [1.807, 2.05) is 0 Å². The molecule has 4 aromatic rings. The Kier molecular flexibility index (Phi) is 3.80. The van der Waals surface area contributed by atoms with E-state index in [-0.39, 0.29) is 32.0 Å². The molecule has 0 saturated heterocycles. The van der Waals surface area contributed by atoms with Gasteiger partial charge in [0.2, 0.25) is 20.0 Å². The van der Waals surface area contributed by atoms with Gasteiger partial charge in [0, 0.05) is 16.5 Å². The molecule has 1 aliphatic rings. The van der Waals surface area contributed by atoms with Crippen LogP contribution in [0, 0.1) is 0 Å². The Bertz CT molecular complexity index is 1710. The summed E-state index contributed by atoms with van der Waals surface area (Å²) in [6, 6.07) is 9.45. The van der Waals surface area contributed by atoms with Crippen molar-refractivity contribution >= 4 is 47.8 Å². The van der Waals surface area contributed by atoms with Crippen molar-refractivity contribution in [2.75, 3.05) is 0 Å². The molecule has 5 rings (SSSR count). The fraction of sp³-hybridized carbons (Fsp3) is 0. The Morgan fingerprint density at radius 3 is 1.77 bits per heavy atom. The van der Waals surface area contributed by atoms with Crippen LogP contribution in [0.2, 0.25) is 0 Å². The van der Waals surface area contributed by atoms with Crippen molar-refractivity contribution in [3.63, 3.8) is 0 Å². The molecule has 1 heterocycles. The topological polar surface area (TPSA) is 183 Å². The largest absolute Gasteiger partial charge is 0.478 e. The third-order valence-corrected chi connectivity index (χ3v) is 6.86. The molecule has 0 radical (unpaired) electrons. The maximum Gasteiger partial charge on any atom is 0.335 e. The lowest BCUT2D eigenvalue weighted by atomic mass is 10.0. The van der Waals surface area contributed by atoms with Crippen molar-refractivity contribution in [3.05, 3.63) is 48.0 Å². The van der Waals surface area contributed by atoms with Gasteiger partial charge in [0.15, 0.2) is 0 Å². The maximum absolute atomic E-state index is 12.0. The summed E-state index contributed by atoms with van der Waals surface area (Å²) in [6.45, 7) is 0. The van der Waals surface area contributed by atoms with Gasteiger partial charge in [-0.15, -0.1) is 0 Å². The molecule has 5 N–H and O–H groups in total. The van der Waals surface area contributed by atoms with Crippen LogP contribution in [0.15, 0.2) is 52.3 Å². The molecular formula is C19H12N4O6S2. The van der Waals surface area contributed by atoms with Gasteiger partial charge in [-0.05, 0) is 47.9 Å². The second kappa shape index (κ2) is 6.04. The second-order valence-electron chi connectivity index (χ2n) is 7.06. The highest BCUT2D eigenvalue weighted by Crippen LogP contribution is 2.47. The van der Waals surface area contributed by atoms with Gasteiger partial charge >= 0.3 is 5.97 Å². The van der Waals surface area contributed by atoms with Crippen LogP contribution in [0.25, 0.3) is 44.3 Å². The highest BCUT2D eigenvalue weighted by Gasteiger charge is 2.29. The Labute approximate surface area is 175 Å². The highest BCUT2D eigenvalue weighted by atomic mass is 32.2. The van der Waals surface area contributed by atoms with Crippen LogP contribution >= 0.6 is 0 Å². The number of carbonyl (C=O) groups is 1. The molecule has 3 aromatic carbocycles. The average Bonchev–Trinajstić information content (AvgIpc) is 2.98. The summed E-state index contributed by atoms with van der Waals surface area (Å²) in [5.41, 5.74) is 2.11. The minimum absolute atomic E-state index is 0.0113. The molecule has 0 fully saturated rings. The zero-order chi connectivity index (χ0) is 22.3. The zero-order valence-electron chi connectivity index (χ0n) is 15.4. The van der Waals surface area contributed by atoms with Crippen molar-refractivity contribution in [3.8, 4) is 22.5 Å². The molecule has 10 nitrogen and oxygen atoms in total. The third-order valence-electron chi connectivity index (χ3n) is 5.07. The van der Waals surface area contributed by atoms with E-state index in [9.17, 15) is 26.7 Å². The SMILES string of the molecule is NS(=O)(=O)c1cc2c3c(cc(S(N)(=O)=O)cc3c1)-c1nc3cc(C(=O)O)ccc3nc1-2. The fourth-order valence-corrected chi connectivity index (χ4v) is 4.87. The van der Waals surface area contributed by atoms with E-state index in [1.54, 1.807) is 0 Å². The van der Waals surface area contributed by atoms with Crippen LogP contribution in [0.5, 0.6) is 0 Å². The first-order valence-electron chi connectivity index (χ1n) is 8.67. The summed E-state index contributed by atoms with van der Waals surface area (Å²) in [4.78, 5) is 19.9. The average molecular weight is 456 g/mol. The van der Waals surface area contributed by atoms with Crippen LogP contribution < -0.4 is 10.3 Å². The molecular weight excluding hydrogens is 444 g/mol. The Hall–Kier alpha value is -3.45. The van der Waals surface area contributed by atoms with Crippen molar-refractivity contribution in [2.45, 2.75) is 9.79 Å². The molecule has 0 amide bonds. The number of carboxylic acids is 1. The smallest absolute Gasteiger partial charge is 0.335 e. The van der Waals surface area contributed by atoms with Gasteiger partial charge < -0.3 is 5.11 Å². The first kappa shape index (κ1) is 19.5. The molecule has 0 bridgehead atoms. The molecule has 1 aromatic heterocycles. The van der Waals surface area contributed by atoms with Crippen molar-refractivity contribution in [1.82, 2.24) is 9.97 Å². The van der Waals surface area contributed by atoms with E-state index in [2.05, 4.69) is 9.97 Å². The lowest BCUT2D eigenvalue weighted by Gasteiger charge is -2.07. The van der Waals surface area contributed by atoms with Crippen molar-refractivity contribution in [1.29, 1.82) is 0 Å². The Morgan fingerprint density at radius 1 is 0.774 bits per heavy atom. The number of rotatable bonds is 3. The van der Waals surface area contributed by atoms with Gasteiger partial charge in [-0.1, -0.05) is 0 Å².